The maximum absolute atomic E-state index is 14.2. The Hall–Kier alpha value is -7.04. The molecule has 1 heterocycles. The molecule has 0 saturated heterocycles. The largest absolute Gasteiger partial charge is 0.429 e. The molecule has 0 unspecified atom stereocenters. The summed E-state index contributed by atoms with van der Waals surface area (Å²) in [7, 11) is 0. The normalized spacial score (nSPS) is 13.3. The van der Waals surface area contributed by atoms with E-state index in [1.54, 1.807) is 10.8 Å². The first kappa shape index (κ1) is 58.8. The van der Waals surface area contributed by atoms with Crippen LogP contribution in [-0.2, 0) is 60.7 Å². The number of halogens is 25. The second kappa shape index (κ2) is 20.6. The highest BCUT2D eigenvalue weighted by Gasteiger charge is 2.47. The van der Waals surface area contributed by atoms with Crippen LogP contribution in [0.4, 0.5) is 110 Å². The van der Waals surface area contributed by atoms with Crippen molar-refractivity contribution in [2.45, 2.75) is 56.0 Å². The van der Waals surface area contributed by atoms with Crippen molar-refractivity contribution in [2.75, 3.05) is 6.86 Å². The SMILES string of the molecule is FC(F)(F)c1cc([B-](c2cc(C(F)(F)F)cc(C(F)(F)F)c2)(c2cc(C(F)(F)F)cc(C(F)(F)F)c2)c2cc(C(F)(F)F)cc(C(F)(F)F)c2)cc(C(F)(F)F)c1.O=C(OCF)c1c[n+](Cc2ccccc2)ccn1. The number of rotatable bonds is 8. The lowest BCUT2D eigenvalue weighted by molar-refractivity contribution is -0.689. The van der Waals surface area contributed by atoms with E-state index in [1.165, 1.54) is 12.4 Å². The Labute approximate surface area is 402 Å². The third kappa shape index (κ3) is 14.0. The average Bonchev–Trinajstić information content (AvgIpc) is 3.27. The molecule has 0 fully saturated rings. The molecular formula is C45H24BF25N2O2. The number of carbonyl (C=O) groups excluding carboxylic acids is 1. The van der Waals surface area contributed by atoms with Crippen LogP contribution in [0.2, 0.25) is 0 Å². The van der Waals surface area contributed by atoms with E-state index in [0.717, 1.165) is 5.56 Å². The van der Waals surface area contributed by atoms with E-state index in [0.29, 0.717) is 6.54 Å². The van der Waals surface area contributed by atoms with Crippen molar-refractivity contribution in [2.24, 2.45) is 0 Å². The standard InChI is InChI=1S/C32H12BF24.C13H12FN2O2/c34-25(35,36)13-1-14(26(37,38)39)6-21(5-13)33(22-7-15(27(40,41)42)2-16(8-22)28(43,44)45,23-9-17(29(46,47)48)3-18(10-23)30(49,50)51)24-11-19(31(52,53)54)4-20(12-24)32(55,56)57;14-10-18-13(17)12-9-16(7-6-15-12)8-11-4-2-1-3-5-11/h1-12H;1-7,9H,8,10H2/q-1;+1. The van der Waals surface area contributed by atoms with Gasteiger partial charge in [-0.3, -0.25) is 0 Å². The van der Waals surface area contributed by atoms with Gasteiger partial charge in [0.05, 0.1) is 50.7 Å². The van der Waals surface area contributed by atoms with Crippen molar-refractivity contribution in [1.82, 2.24) is 4.98 Å². The van der Waals surface area contributed by atoms with Crippen molar-refractivity contribution >= 4 is 34.0 Å². The minimum Gasteiger partial charge on any atom is -0.429 e. The summed E-state index contributed by atoms with van der Waals surface area (Å²) < 4.78 is 359. The van der Waals surface area contributed by atoms with Crippen LogP contribution in [0.15, 0.2) is 122 Å². The van der Waals surface area contributed by atoms with Gasteiger partial charge in [0.1, 0.15) is 6.15 Å². The van der Waals surface area contributed by atoms with Gasteiger partial charge in [-0.1, -0.05) is 78.9 Å². The second-order valence-corrected chi connectivity index (χ2v) is 15.9. The molecule has 0 aliphatic heterocycles. The van der Waals surface area contributed by atoms with Gasteiger partial charge in [-0.25, -0.2) is 14.2 Å². The Bertz CT molecular complexity index is 2570. The van der Waals surface area contributed by atoms with E-state index >= 15 is 0 Å². The van der Waals surface area contributed by atoms with Crippen LogP contribution in [-0.4, -0.2) is 24.0 Å². The highest BCUT2D eigenvalue weighted by atomic mass is 19.4. The summed E-state index contributed by atoms with van der Waals surface area (Å²) in [6, 6.07) is 0.963. The fourth-order valence-corrected chi connectivity index (χ4v) is 7.62. The fourth-order valence-electron chi connectivity index (χ4n) is 7.62. The van der Waals surface area contributed by atoms with Gasteiger partial charge in [0.25, 0.3) is 0 Å². The number of nitrogens with zero attached hydrogens (tertiary/aromatic N) is 2. The molecule has 6 rings (SSSR count). The molecule has 1 aromatic heterocycles. The molecule has 0 bridgehead atoms. The van der Waals surface area contributed by atoms with E-state index in [1.807, 2.05) is 30.3 Å². The predicted molar refractivity (Wildman–Crippen MR) is 211 cm³/mol. The van der Waals surface area contributed by atoms with Gasteiger partial charge in [0, 0.05) is 5.56 Å². The smallest absolute Gasteiger partial charge is 0.416 e. The number of ether oxygens (including phenoxy) is 1. The number of alkyl halides is 25. The average molecular weight is 1110 g/mol. The van der Waals surface area contributed by atoms with Gasteiger partial charge in [0.15, 0.2) is 12.7 Å². The Balaban J connectivity index is 0.000000483. The zero-order valence-corrected chi connectivity index (χ0v) is 36.2. The van der Waals surface area contributed by atoms with E-state index < -0.39 is 208 Å². The van der Waals surface area contributed by atoms with Crippen molar-refractivity contribution in [3.63, 3.8) is 0 Å². The molecule has 4 nitrogen and oxygen atoms in total. The summed E-state index contributed by atoms with van der Waals surface area (Å²) in [6.07, 6.45) is -50.1. The Morgan fingerprint density at radius 1 is 0.427 bits per heavy atom. The number of hydrogen-bond acceptors (Lipinski definition) is 3. The first-order valence-electron chi connectivity index (χ1n) is 20.0. The lowest BCUT2D eigenvalue weighted by Crippen LogP contribution is -2.75. The van der Waals surface area contributed by atoms with Gasteiger partial charge in [0.2, 0.25) is 18.8 Å². The predicted octanol–water partition coefficient (Wildman–Crippen LogP) is 12.7. The van der Waals surface area contributed by atoms with Gasteiger partial charge < -0.3 is 4.74 Å². The van der Waals surface area contributed by atoms with Crippen LogP contribution in [0.25, 0.3) is 0 Å². The number of aromatic nitrogens is 2. The van der Waals surface area contributed by atoms with Crippen LogP contribution in [0.3, 0.4) is 0 Å². The molecular weight excluding hydrogens is 1090 g/mol. The molecule has 5 aromatic carbocycles. The first-order chi connectivity index (χ1) is 34.1. The monoisotopic (exact) mass is 1110 g/mol. The van der Waals surface area contributed by atoms with Crippen LogP contribution < -0.4 is 26.4 Å². The molecule has 0 saturated carbocycles. The third-order valence-electron chi connectivity index (χ3n) is 10.8. The highest BCUT2D eigenvalue weighted by molar-refractivity contribution is 7.20. The minimum atomic E-state index is -6.13. The summed E-state index contributed by atoms with van der Waals surface area (Å²) in [5.74, 6) is -0.764. The molecule has 404 valence electrons. The first-order valence-corrected chi connectivity index (χ1v) is 20.0. The van der Waals surface area contributed by atoms with Crippen LogP contribution in [0.1, 0.15) is 60.6 Å². The Kier molecular flexibility index (Phi) is 16.2. The van der Waals surface area contributed by atoms with Crippen LogP contribution in [0.5, 0.6) is 0 Å². The van der Waals surface area contributed by atoms with Gasteiger partial charge in [-0.05, 0) is 24.3 Å². The molecule has 6 aromatic rings. The van der Waals surface area contributed by atoms with Gasteiger partial charge in [-0.2, -0.15) is 132 Å². The second-order valence-electron chi connectivity index (χ2n) is 15.9. The van der Waals surface area contributed by atoms with Crippen LogP contribution >= 0.6 is 0 Å². The van der Waals surface area contributed by atoms with E-state index in [-0.39, 0.29) is 5.69 Å². The summed E-state index contributed by atoms with van der Waals surface area (Å²) in [5.41, 5.74) is -29.0. The molecule has 0 spiro atoms. The molecule has 0 amide bonds. The van der Waals surface area contributed by atoms with Crippen molar-refractivity contribution in [1.29, 1.82) is 0 Å². The maximum atomic E-state index is 14.2. The Morgan fingerprint density at radius 3 is 0.933 bits per heavy atom. The number of carbonyl (C=O) groups is 1. The summed E-state index contributed by atoms with van der Waals surface area (Å²) in [4.78, 5) is 15.1. The lowest BCUT2D eigenvalue weighted by atomic mass is 9.12. The summed E-state index contributed by atoms with van der Waals surface area (Å²) >= 11 is 0. The number of esters is 1. The quantitative estimate of drug-likeness (QED) is 0.0660. The van der Waals surface area contributed by atoms with E-state index in [9.17, 15) is 115 Å². The number of benzene rings is 5. The topological polar surface area (TPSA) is 43.1 Å². The zero-order chi connectivity index (χ0) is 56.7. The van der Waals surface area contributed by atoms with E-state index in [4.69, 9.17) is 0 Å². The van der Waals surface area contributed by atoms with E-state index in [2.05, 4.69) is 9.72 Å². The van der Waals surface area contributed by atoms with Gasteiger partial charge in [-0.15, -0.1) is 0 Å². The molecule has 0 N–H and O–H groups in total. The third-order valence-corrected chi connectivity index (χ3v) is 10.8. The zero-order valence-electron chi connectivity index (χ0n) is 36.2. The molecule has 0 atom stereocenters. The highest BCUT2D eigenvalue weighted by Crippen LogP contribution is 2.41. The minimum absolute atomic E-state index is 0.0890. The summed E-state index contributed by atoms with van der Waals surface area (Å²) in [5, 5.41) is 0. The van der Waals surface area contributed by atoms with Crippen molar-refractivity contribution in [3.05, 3.63) is 177 Å². The van der Waals surface area contributed by atoms with Crippen LogP contribution in [0, 0.1) is 0 Å². The molecule has 75 heavy (non-hydrogen) atoms. The molecule has 0 radical (unpaired) electrons. The Morgan fingerprint density at radius 2 is 0.693 bits per heavy atom. The van der Waals surface area contributed by atoms with Gasteiger partial charge >= 0.3 is 55.4 Å². The number of hydrogen-bond donors (Lipinski definition) is 0. The van der Waals surface area contributed by atoms with Crippen molar-refractivity contribution in [3.8, 4) is 0 Å². The fraction of sp³-hybridized carbons (Fsp3) is 0.222. The lowest BCUT2D eigenvalue weighted by Gasteiger charge is -2.46. The molecule has 0 aliphatic rings. The molecule has 30 heteroatoms. The van der Waals surface area contributed by atoms with Crippen molar-refractivity contribution < 1.29 is 124 Å². The maximum Gasteiger partial charge on any atom is 0.416 e. The summed E-state index contributed by atoms with van der Waals surface area (Å²) in [6.45, 7) is -0.534. The molecule has 0 aliphatic carbocycles.